The number of fused-ring (bicyclic) bond motifs is 1. The molecular formula is C14H15F3O3S. The van der Waals surface area contributed by atoms with Crippen molar-refractivity contribution >= 4 is 18.0 Å². The van der Waals surface area contributed by atoms with E-state index in [-0.39, 0.29) is 13.0 Å². The second-order valence-corrected chi connectivity index (χ2v) is 6.20. The first kappa shape index (κ1) is 16.2. The Kier molecular flexibility index (Phi) is 4.26. The highest BCUT2D eigenvalue weighted by molar-refractivity contribution is 7.99. The minimum atomic E-state index is -5.01. The molecule has 1 aromatic rings. The number of carbonyl (C=O) groups is 1. The molecule has 116 valence electrons. The van der Waals surface area contributed by atoms with Crippen LogP contribution in [0, 0.1) is 0 Å². The lowest BCUT2D eigenvalue weighted by molar-refractivity contribution is -0.249. The van der Waals surface area contributed by atoms with Gasteiger partial charge in [0.2, 0.25) is 5.60 Å². The molecular weight excluding hydrogens is 305 g/mol. The first-order valence-corrected chi connectivity index (χ1v) is 7.53. The van der Waals surface area contributed by atoms with Gasteiger partial charge in [-0.2, -0.15) is 24.9 Å². The maximum atomic E-state index is 13.0. The molecule has 0 aromatic heterocycles. The average molecular weight is 320 g/mol. The fourth-order valence-corrected chi connectivity index (χ4v) is 3.58. The Hall–Kier alpha value is -1.21. The van der Waals surface area contributed by atoms with Crippen LogP contribution in [0.5, 0.6) is 5.75 Å². The number of alkyl halides is 3. The molecule has 1 heterocycles. The molecule has 2 unspecified atom stereocenters. The quantitative estimate of drug-likeness (QED) is 0.867. The van der Waals surface area contributed by atoms with Gasteiger partial charge in [-0.1, -0.05) is 18.2 Å². The van der Waals surface area contributed by atoms with Gasteiger partial charge in [-0.05, 0) is 12.3 Å². The number of thioether (sulfide) groups is 1. The lowest BCUT2D eigenvalue weighted by Crippen LogP contribution is -2.51. The largest absolute Gasteiger partial charge is 0.493 e. The molecule has 3 nitrogen and oxygen atoms in total. The Morgan fingerprint density at radius 2 is 2.10 bits per heavy atom. The van der Waals surface area contributed by atoms with Crippen molar-refractivity contribution in [2.24, 2.45) is 0 Å². The third-order valence-corrected chi connectivity index (χ3v) is 5.12. The summed E-state index contributed by atoms with van der Waals surface area (Å²) in [5, 5.41) is 9.78. The predicted octanol–water partition coefficient (Wildman–Crippen LogP) is 2.91. The van der Waals surface area contributed by atoms with Crippen molar-refractivity contribution in [3.63, 3.8) is 0 Å². The monoisotopic (exact) mass is 320 g/mol. The third kappa shape index (κ3) is 2.76. The molecule has 0 saturated heterocycles. The summed E-state index contributed by atoms with van der Waals surface area (Å²) in [5.41, 5.74) is -2.78. The SMILES string of the molecule is CSC1(CC(O)(C=O)C(F)(F)F)CCOc2ccccc21. The van der Waals surface area contributed by atoms with E-state index in [1.807, 2.05) is 0 Å². The van der Waals surface area contributed by atoms with Crippen LogP contribution in [0.15, 0.2) is 24.3 Å². The number of ether oxygens (including phenoxy) is 1. The Morgan fingerprint density at radius 3 is 2.67 bits per heavy atom. The van der Waals surface area contributed by atoms with Gasteiger partial charge >= 0.3 is 6.18 Å². The van der Waals surface area contributed by atoms with Crippen LogP contribution in [0.4, 0.5) is 13.2 Å². The van der Waals surface area contributed by atoms with Crippen LogP contribution in [0.1, 0.15) is 18.4 Å². The number of rotatable bonds is 4. The van der Waals surface area contributed by atoms with E-state index in [0.717, 1.165) is 0 Å². The molecule has 1 aliphatic heterocycles. The van der Waals surface area contributed by atoms with Gasteiger partial charge in [0, 0.05) is 18.4 Å². The lowest BCUT2D eigenvalue weighted by Gasteiger charge is -2.41. The van der Waals surface area contributed by atoms with Gasteiger partial charge in [-0.25, -0.2) is 0 Å². The lowest BCUT2D eigenvalue weighted by atomic mass is 9.82. The smallest absolute Gasteiger partial charge is 0.424 e. The highest BCUT2D eigenvalue weighted by Gasteiger charge is 2.58. The Morgan fingerprint density at radius 1 is 1.43 bits per heavy atom. The maximum absolute atomic E-state index is 13.0. The molecule has 2 rings (SSSR count). The molecule has 0 bridgehead atoms. The van der Waals surface area contributed by atoms with Crippen molar-refractivity contribution in [1.82, 2.24) is 0 Å². The molecule has 7 heteroatoms. The molecule has 0 radical (unpaired) electrons. The van der Waals surface area contributed by atoms with Crippen LogP contribution in [0.2, 0.25) is 0 Å². The molecule has 21 heavy (non-hydrogen) atoms. The average Bonchev–Trinajstić information content (AvgIpc) is 2.46. The summed E-state index contributed by atoms with van der Waals surface area (Å²) in [4.78, 5) is 10.9. The van der Waals surface area contributed by atoms with Crippen LogP contribution in [0.3, 0.4) is 0 Å². The Labute approximate surface area is 124 Å². The van der Waals surface area contributed by atoms with Crippen molar-refractivity contribution in [3.05, 3.63) is 29.8 Å². The standard InChI is InChI=1S/C14H15F3O3S/c1-21-12(8-13(19,9-18)14(15,16)17)6-7-20-11-5-3-2-4-10(11)12/h2-5,9,19H,6-8H2,1H3. The highest BCUT2D eigenvalue weighted by atomic mass is 32.2. The summed E-state index contributed by atoms with van der Waals surface area (Å²) in [6.07, 6.45) is -4.19. The Balaban J connectivity index is 2.47. The number of aliphatic hydroxyl groups is 1. The molecule has 0 spiro atoms. The number of carbonyl (C=O) groups excluding carboxylic acids is 1. The maximum Gasteiger partial charge on any atom is 0.424 e. The Bertz CT molecular complexity index is 534. The zero-order valence-electron chi connectivity index (χ0n) is 11.3. The number of halogens is 3. The summed E-state index contributed by atoms with van der Waals surface area (Å²) >= 11 is 1.20. The second-order valence-electron chi connectivity index (χ2n) is 5.01. The molecule has 2 atom stereocenters. The van der Waals surface area contributed by atoms with Crippen LogP contribution in [-0.4, -0.2) is 36.0 Å². The number of benzene rings is 1. The number of para-hydroxylation sites is 1. The number of aldehydes is 1. The van der Waals surface area contributed by atoms with Crippen molar-refractivity contribution in [2.75, 3.05) is 12.9 Å². The van der Waals surface area contributed by atoms with E-state index in [4.69, 9.17) is 4.74 Å². The summed E-state index contributed by atoms with van der Waals surface area (Å²) in [6, 6.07) is 6.77. The van der Waals surface area contributed by atoms with Crippen molar-refractivity contribution in [3.8, 4) is 5.75 Å². The fourth-order valence-electron chi connectivity index (χ4n) is 2.54. The van der Waals surface area contributed by atoms with Crippen molar-refractivity contribution in [2.45, 2.75) is 29.4 Å². The zero-order chi connectivity index (χ0) is 15.7. The van der Waals surface area contributed by atoms with Gasteiger partial charge in [-0.15, -0.1) is 0 Å². The van der Waals surface area contributed by atoms with Crippen LogP contribution < -0.4 is 4.74 Å². The molecule has 0 fully saturated rings. The molecule has 0 aliphatic carbocycles. The summed E-state index contributed by atoms with van der Waals surface area (Å²) in [5.74, 6) is 0.494. The molecule has 1 N–H and O–H groups in total. The van der Waals surface area contributed by atoms with E-state index in [0.29, 0.717) is 11.3 Å². The first-order valence-electron chi connectivity index (χ1n) is 6.31. The minimum Gasteiger partial charge on any atom is -0.493 e. The van der Waals surface area contributed by atoms with E-state index in [2.05, 4.69) is 0 Å². The number of hydrogen-bond acceptors (Lipinski definition) is 4. The number of hydrogen-bond donors (Lipinski definition) is 1. The molecule has 1 aliphatic rings. The van der Waals surface area contributed by atoms with Gasteiger partial charge in [0.1, 0.15) is 5.75 Å². The van der Waals surface area contributed by atoms with E-state index in [1.165, 1.54) is 11.8 Å². The van der Waals surface area contributed by atoms with Gasteiger partial charge in [-0.3, -0.25) is 4.79 Å². The van der Waals surface area contributed by atoms with Gasteiger partial charge in [0.15, 0.2) is 6.29 Å². The van der Waals surface area contributed by atoms with E-state index in [9.17, 15) is 23.1 Å². The van der Waals surface area contributed by atoms with Crippen LogP contribution >= 0.6 is 11.8 Å². The van der Waals surface area contributed by atoms with Crippen molar-refractivity contribution in [1.29, 1.82) is 0 Å². The summed E-state index contributed by atoms with van der Waals surface area (Å²) < 4.78 is 43.5. The fraction of sp³-hybridized carbons (Fsp3) is 0.500. The molecule has 0 amide bonds. The third-order valence-electron chi connectivity index (χ3n) is 3.77. The first-order chi connectivity index (χ1) is 9.78. The molecule has 0 saturated carbocycles. The van der Waals surface area contributed by atoms with Gasteiger partial charge in [0.05, 0.1) is 11.4 Å². The van der Waals surface area contributed by atoms with E-state index in [1.54, 1.807) is 30.5 Å². The minimum absolute atomic E-state index is 0.241. The van der Waals surface area contributed by atoms with E-state index >= 15 is 0 Å². The van der Waals surface area contributed by atoms with Gasteiger partial charge < -0.3 is 9.84 Å². The second kappa shape index (κ2) is 5.53. The van der Waals surface area contributed by atoms with Crippen molar-refractivity contribution < 1.29 is 27.8 Å². The van der Waals surface area contributed by atoms with Crippen LogP contribution in [0.25, 0.3) is 0 Å². The zero-order valence-corrected chi connectivity index (χ0v) is 12.1. The summed E-state index contributed by atoms with van der Waals surface area (Å²) in [6.45, 7) is 0.241. The van der Waals surface area contributed by atoms with Gasteiger partial charge in [0.25, 0.3) is 0 Å². The predicted molar refractivity (Wildman–Crippen MR) is 73.4 cm³/mol. The summed E-state index contributed by atoms with van der Waals surface area (Å²) in [7, 11) is 0. The topological polar surface area (TPSA) is 46.5 Å². The normalized spacial score (nSPS) is 24.6. The van der Waals surface area contributed by atoms with E-state index < -0.39 is 29.2 Å². The van der Waals surface area contributed by atoms with Crippen LogP contribution in [-0.2, 0) is 9.54 Å². The highest BCUT2D eigenvalue weighted by Crippen LogP contribution is 2.52. The molecule has 1 aromatic carbocycles.